The van der Waals surface area contributed by atoms with Crippen LogP contribution in [0.5, 0.6) is 0 Å². The molecule has 0 spiro atoms. The first-order chi connectivity index (χ1) is 12.6. The zero-order chi connectivity index (χ0) is 18.1. The normalized spacial score (nSPS) is 18.1. The molecule has 7 nitrogen and oxygen atoms in total. The Bertz CT molecular complexity index is 840. The number of aromatic amines is 1. The summed E-state index contributed by atoms with van der Waals surface area (Å²) in [6, 6.07) is 4.09. The van der Waals surface area contributed by atoms with Crippen LogP contribution < -0.4 is 15.4 Å². The smallest absolute Gasteiger partial charge is 0.257 e. The number of aryl methyl sites for hydroxylation is 1. The molecule has 1 saturated heterocycles. The van der Waals surface area contributed by atoms with E-state index in [0.29, 0.717) is 5.95 Å². The number of nitrogens with zero attached hydrogens (tertiary/aromatic N) is 5. The Hall–Kier alpha value is -2.41. The van der Waals surface area contributed by atoms with E-state index in [2.05, 4.69) is 37.7 Å². The van der Waals surface area contributed by atoms with Gasteiger partial charge in [-0.3, -0.25) is 19.7 Å². The molecule has 4 heterocycles. The van der Waals surface area contributed by atoms with Crippen LogP contribution in [-0.2, 0) is 13.0 Å². The molecule has 0 aliphatic carbocycles. The number of H-pyrrole nitrogens is 1. The largest absolute Gasteiger partial charge is 0.359 e. The van der Waals surface area contributed by atoms with Gasteiger partial charge in [-0.25, -0.2) is 0 Å². The van der Waals surface area contributed by atoms with Crippen LogP contribution >= 0.6 is 0 Å². The molecule has 2 aliphatic heterocycles. The van der Waals surface area contributed by atoms with Crippen molar-refractivity contribution in [3.8, 4) is 0 Å². The highest BCUT2D eigenvalue weighted by atomic mass is 16.1. The molecule has 0 radical (unpaired) electrons. The van der Waals surface area contributed by atoms with Crippen LogP contribution in [-0.4, -0.2) is 59.6 Å². The van der Waals surface area contributed by atoms with Crippen molar-refractivity contribution in [3.63, 3.8) is 0 Å². The summed E-state index contributed by atoms with van der Waals surface area (Å²) in [5.41, 5.74) is 3.22. The topological polar surface area (TPSA) is 68.4 Å². The number of pyridine rings is 1. The van der Waals surface area contributed by atoms with E-state index in [1.807, 2.05) is 19.3 Å². The molecule has 26 heavy (non-hydrogen) atoms. The van der Waals surface area contributed by atoms with Crippen LogP contribution in [0.3, 0.4) is 0 Å². The van der Waals surface area contributed by atoms with Crippen LogP contribution in [0.2, 0.25) is 0 Å². The maximum absolute atomic E-state index is 12.4. The molecule has 0 unspecified atom stereocenters. The van der Waals surface area contributed by atoms with Crippen LogP contribution in [0, 0.1) is 6.92 Å². The number of aromatic nitrogens is 3. The Morgan fingerprint density at radius 2 is 2.00 bits per heavy atom. The highest BCUT2D eigenvalue weighted by Crippen LogP contribution is 2.23. The summed E-state index contributed by atoms with van der Waals surface area (Å²) in [7, 11) is 2.02. The summed E-state index contributed by atoms with van der Waals surface area (Å²) in [6.45, 7) is 7.53. The monoisotopic (exact) mass is 354 g/mol. The predicted molar refractivity (Wildman–Crippen MR) is 103 cm³/mol. The lowest BCUT2D eigenvalue weighted by atomic mass is 10.1. The van der Waals surface area contributed by atoms with Gasteiger partial charge in [0.2, 0.25) is 5.95 Å². The van der Waals surface area contributed by atoms with Crippen LogP contribution in [0.4, 0.5) is 11.8 Å². The number of hydrogen-bond acceptors (Lipinski definition) is 6. The van der Waals surface area contributed by atoms with E-state index >= 15 is 0 Å². The molecule has 138 valence electrons. The number of hydrogen-bond donors (Lipinski definition) is 1. The van der Waals surface area contributed by atoms with Crippen molar-refractivity contribution in [1.82, 2.24) is 19.9 Å². The SMILES string of the molecule is Cc1cccnc1CN1CCN(c2nc3c(c(=O)[nH]2)CCCN3C)CC1. The number of piperazine rings is 1. The molecule has 0 bridgehead atoms. The summed E-state index contributed by atoms with van der Waals surface area (Å²) in [5.74, 6) is 1.55. The van der Waals surface area contributed by atoms with Crippen molar-refractivity contribution in [3.05, 3.63) is 45.5 Å². The molecule has 0 amide bonds. The molecule has 0 aromatic carbocycles. The minimum Gasteiger partial charge on any atom is -0.359 e. The van der Waals surface area contributed by atoms with Gasteiger partial charge >= 0.3 is 0 Å². The van der Waals surface area contributed by atoms with Gasteiger partial charge in [-0.1, -0.05) is 6.07 Å². The second-order valence-corrected chi connectivity index (χ2v) is 7.25. The number of nitrogens with one attached hydrogen (secondary N) is 1. The van der Waals surface area contributed by atoms with Crippen LogP contribution in [0.25, 0.3) is 0 Å². The highest BCUT2D eigenvalue weighted by molar-refractivity contribution is 5.51. The second-order valence-electron chi connectivity index (χ2n) is 7.25. The third kappa shape index (κ3) is 3.31. The maximum atomic E-state index is 12.4. The first-order valence-electron chi connectivity index (χ1n) is 9.34. The standard InChI is InChI=1S/C19H26N6O/c1-14-5-3-7-20-16(14)13-24-9-11-25(12-10-24)19-21-17-15(18(26)22-19)6-4-8-23(17)2/h3,5,7H,4,6,8-13H2,1-2H3,(H,21,22,26). The van der Waals surface area contributed by atoms with E-state index < -0.39 is 0 Å². The van der Waals surface area contributed by atoms with Crippen molar-refractivity contribution < 1.29 is 0 Å². The Kier molecular flexibility index (Phi) is 4.63. The van der Waals surface area contributed by atoms with Crippen molar-refractivity contribution in [2.75, 3.05) is 49.6 Å². The summed E-state index contributed by atoms with van der Waals surface area (Å²) in [4.78, 5) is 31.4. The van der Waals surface area contributed by atoms with E-state index in [1.165, 1.54) is 5.56 Å². The molecule has 4 rings (SSSR count). The zero-order valence-electron chi connectivity index (χ0n) is 15.5. The maximum Gasteiger partial charge on any atom is 0.257 e. The van der Waals surface area contributed by atoms with E-state index in [1.54, 1.807) is 0 Å². The van der Waals surface area contributed by atoms with Gasteiger partial charge in [-0.2, -0.15) is 4.98 Å². The Labute approximate surface area is 153 Å². The summed E-state index contributed by atoms with van der Waals surface area (Å²) in [6.07, 6.45) is 3.69. The average Bonchev–Trinajstić information content (AvgIpc) is 2.65. The average molecular weight is 354 g/mol. The molecule has 7 heteroatoms. The van der Waals surface area contributed by atoms with Gasteiger partial charge in [-0.15, -0.1) is 0 Å². The molecule has 0 saturated carbocycles. The summed E-state index contributed by atoms with van der Waals surface area (Å²) < 4.78 is 0. The van der Waals surface area contributed by atoms with Gasteiger partial charge in [0.15, 0.2) is 0 Å². The van der Waals surface area contributed by atoms with E-state index in [0.717, 1.165) is 69.2 Å². The fourth-order valence-electron chi connectivity index (χ4n) is 3.78. The van der Waals surface area contributed by atoms with Gasteiger partial charge < -0.3 is 9.80 Å². The van der Waals surface area contributed by atoms with Crippen molar-refractivity contribution in [2.45, 2.75) is 26.3 Å². The quantitative estimate of drug-likeness (QED) is 0.893. The first-order valence-corrected chi connectivity index (χ1v) is 9.34. The second kappa shape index (κ2) is 7.07. The summed E-state index contributed by atoms with van der Waals surface area (Å²) >= 11 is 0. The molecule has 2 aromatic rings. The van der Waals surface area contributed by atoms with Gasteiger partial charge in [0.1, 0.15) is 5.82 Å². The molecular formula is C19H26N6O. The van der Waals surface area contributed by atoms with E-state index in [9.17, 15) is 4.79 Å². The third-order valence-corrected chi connectivity index (χ3v) is 5.43. The van der Waals surface area contributed by atoms with Gasteiger partial charge in [-0.05, 0) is 31.4 Å². The Morgan fingerprint density at radius 1 is 1.19 bits per heavy atom. The Morgan fingerprint density at radius 3 is 2.77 bits per heavy atom. The van der Waals surface area contributed by atoms with Crippen molar-refractivity contribution >= 4 is 11.8 Å². The van der Waals surface area contributed by atoms with Crippen molar-refractivity contribution in [2.24, 2.45) is 0 Å². The zero-order valence-corrected chi connectivity index (χ0v) is 15.5. The predicted octanol–water partition coefficient (Wildman–Crippen LogP) is 1.18. The van der Waals surface area contributed by atoms with Gasteiger partial charge in [0.25, 0.3) is 5.56 Å². The number of anilines is 2. The molecule has 2 aromatic heterocycles. The van der Waals surface area contributed by atoms with Crippen molar-refractivity contribution in [1.29, 1.82) is 0 Å². The summed E-state index contributed by atoms with van der Waals surface area (Å²) in [5, 5.41) is 0. The van der Waals surface area contributed by atoms with Gasteiger partial charge in [0.05, 0.1) is 11.3 Å². The fourth-order valence-corrected chi connectivity index (χ4v) is 3.78. The lowest BCUT2D eigenvalue weighted by Gasteiger charge is -2.35. The molecule has 1 fully saturated rings. The molecule has 2 aliphatic rings. The molecule has 0 atom stereocenters. The third-order valence-electron chi connectivity index (χ3n) is 5.43. The number of fused-ring (bicyclic) bond motifs is 1. The minimum atomic E-state index is 0.0167. The number of rotatable bonds is 3. The first kappa shape index (κ1) is 17.0. The van der Waals surface area contributed by atoms with E-state index in [4.69, 9.17) is 4.98 Å². The molecular weight excluding hydrogens is 328 g/mol. The Balaban J connectivity index is 1.45. The molecule has 1 N–H and O–H groups in total. The lowest BCUT2D eigenvalue weighted by Crippen LogP contribution is -2.47. The fraction of sp³-hybridized carbons (Fsp3) is 0.526. The highest BCUT2D eigenvalue weighted by Gasteiger charge is 2.24. The van der Waals surface area contributed by atoms with Crippen LogP contribution in [0.1, 0.15) is 23.2 Å². The van der Waals surface area contributed by atoms with E-state index in [-0.39, 0.29) is 5.56 Å². The van der Waals surface area contributed by atoms with Crippen LogP contribution in [0.15, 0.2) is 23.1 Å². The lowest BCUT2D eigenvalue weighted by molar-refractivity contribution is 0.245. The van der Waals surface area contributed by atoms with Gasteiger partial charge in [0, 0.05) is 52.5 Å². The minimum absolute atomic E-state index is 0.0167.